The van der Waals surface area contributed by atoms with Gasteiger partial charge in [0.05, 0.1) is 16.1 Å². The molecule has 1 fully saturated rings. The Morgan fingerprint density at radius 3 is 2.71 bits per heavy atom. The SMILES string of the molecule is Cc1c(N2CCCC(C)CC2)cc(C(=O)O)cc1[N+](=O)[O-]. The highest BCUT2D eigenvalue weighted by Gasteiger charge is 2.23. The van der Waals surface area contributed by atoms with Crippen LogP contribution in [-0.4, -0.2) is 29.1 Å². The molecule has 21 heavy (non-hydrogen) atoms. The van der Waals surface area contributed by atoms with E-state index in [0.29, 0.717) is 17.2 Å². The van der Waals surface area contributed by atoms with Gasteiger partial charge in [0.2, 0.25) is 0 Å². The van der Waals surface area contributed by atoms with E-state index in [4.69, 9.17) is 5.11 Å². The number of anilines is 1. The van der Waals surface area contributed by atoms with Crippen LogP contribution in [0.25, 0.3) is 0 Å². The van der Waals surface area contributed by atoms with Gasteiger partial charge in [0.1, 0.15) is 0 Å². The maximum atomic E-state index is 11.2. The molecule has 1 aliphatic rings. The van der Waals surface area contributed by atoms with Crippen LogP contribution < -0.4 is 4.90 Å². The summed E-state index contributed by atoms with van der Waals surface area (Å²) in [5.41, 5.74) is 1.07. The smallest absolute Gasteiger partial charge is 0.336 e. The minimum atomic E-state index is -1.14. The molecule has 114 valence electrons. The lowest BCUT2D eigenvalue weighted by Gasteiger charge is -2.25. The Balaban J connectivity index is 2.46. The number of carbonyl (C=O) groups is 1. The number of carboxylic acids is 1. The number of carboxylic acid groups (broad SMARTS) is 1. The first-order valence-electron chi connectivity index (χ1n) is 7.17. The summed E-state index contributed by atoms with van der Waals surface area (Å²) in [7, 11) is 0. The highest BCUT2D eigenvalue weighted by molar-refractivity contribution is 5.90. The van der Waals surface area contributed by atoms with Crippen molar-refractivity contribution in [2.45, 2.75) is 33.1 Å². The minimum Gasteiger partial charge on any atom is -0.478 e. The van der Waals surface area contributed by atoms with Gasteiger partial charge in [-0.05, 0) is 38.2 Å². The van der Waals surface area contributed by atoms with Crippen molar-refractivity contribution in [2.75, 3.05) is 18.0 Å². The van der Waals surface area contributed by atoms with Crippen molar-refractivity contribution in [3.8, 4) is 0 Å². The second-order valence-electron chi connectivity index (χ2n) is 5.72. The third-order valence-electron chi connectivity index (χ3n) is 4.15. The van der Waals surface area contributed by atoms with E-state index >= 15 is 0 Å². The van der Waals surface area contributed by atoms with Crippen LogP contribution in [0, 0.1) is 23.0 Å². The van der Waals surface area contributed by atoms with Gasteiger partial charge in [0.25, 0.3) is 5.69 Å². The van der Waals surface area contributed by atoms with Gasteiger partial charge in [0.15, 0.2) is 0 Å². The van der Waals surface area contributed by atoms with Crippen LogP contribution in [0.4, 0.5) is 11.4 Å². The molecule has 1 aromatic carbocycles. The minimum absolute atomic E-state index is 0.0282. The quantitative estimate of drug-likeness (QED) is 0.683. The molecule has 1 unspecified atom stereocenters. The van der Waals surface area contributed by atoms with Gasteiger partial charge in [-0.1, -0.05) is 6.92 Å². The second-order valence-corrected chi connectivity index (χ2v) is 5.72. The summed E-state index contributed by atoms with van der Waals surface area (Å²) in [5, 5.41) is 20.3. The standard InChI is InChI=1S/C15H20N2O4/c1-10-4-3-6-16(7-5-10)13-8-12(15(18)19)9-14(11(13)2)17(20)21/h8-10H,3-7H2,1-2H3,(H,18,19). The van der Waals surface area contributed by atoms with Crippen molar-refractivity contribution in [2.24, 2.45) is 5.92 Å². The third-order valence-corrected chi connectivity index (χ3v) is 4.15. The van der Waals surface area contributed by atoms with Crippen LogP contribution in [0.3, 0.4) is 0 Å². The monoisotopic (exact) mass is 292 g/mol. The molecule has 6 heteroatoms. The molecule has 0 amide bonds. The number of rotatable bonds is 3. The highest BCUT2D eigenvalue weighted by atomic mass is 16.6. The van der Waals surface area contributed by atoms with Crippen LogP contribution >= 0.6 is 0 Å². The average molecular weight is 292 g/mol. The third kappa shape index (κ3) is 3.32. The van der Waals surface area contributed by atoms with Crippen LogP contribution in [0.2, 0.25) is 0 Å². The van der Waals surface area contributed by atoms with Crippen molar-refractivity contribution in [3.05, 3.63) is 33.4 Å². The van der Waals surface area contributed by atoms with Crippen LogP contribution in [0.5, 0.6) is 0 Å². The van der Waals surface area contributed by atoms with Crippen molar-refractivity contribution >= 4 is 17.3 Å². The van der Waals surface area contributed by atoms with E-state index in [0.717, 1.165) is 38.4 Å². The molecular formula is C15H20N2O4. The molecule has 0 aliphatic carbocycles. The molecule has 2 rings (SSSR count). The van der Waals surface area contributed by atoms with Gasteiger partial charge >= 0.3 is 5.97 Å². The fraction of sp³-hybridized carbons (Fsp3) is 0.533. The Morgan fingerprint density at radius 1 is 1.38 bits per heavy atom. The molecule has 1 aromatic rings. The molecule has 1 saturated heterocycles. The molecule has 1 heterocycles. The Bertz CT molecular complexity index is 571. The van der Waals surface area contributed by atoms with Crippen LogP contribution in [0.1, 0.15) is 42.1 Å². The normalized spacial score (nSPS) is 19.1. The predicted octanol–water partition coefficient (Wildman–Crippen LogP) is 3.23. The topological polar surface area (TPSA) is 83.7 Å². The van der Waals surface area contributed by atoms with Gasteiger partial charge in [-0.2, -0.15) is 0 Å². The molecule has 1 atom stereocenters. The number of nitro benzene ring substituents is 1. The Morgan fingerprint density at radius 2 is 2.10 bits per heavy atom. The summed E-state index contributed by atoms with van der Waals surface area (Å²) in [6.45, 7) is 5.51. The summed E-state index contributed by atoms with van der Waals surface area (Å²) in [6, 6.07) is 2.70. The Labute approximate surface area is 123 Å². The van der Waals surface area contributed by atoms with Crippen molar-refractivity contribution in [1.82, 2.24) is 0 Å². The first-order valence-corrected chi connectivity index (χ1v) is 7.17. The summed E-state index contributed by atoms with van der Waals surface area (Å²) in [4.78, 5) is 23.9. The van der Waals surface area contributed by atoms with Crippen LogP contribution in [-0.2, 0) is 0 Å². The lowest BCUT2D eigenvalue weighted by Crippen LogP contribution is -2.25. The van der Waals surface area contributed by atoms with Gasteiger partial charge in [-0.3, -0.25) is 10.1 Å². The zero-order chi connectivity index (χ0) is 15.6. The van der Waals surface area contributed by atoms with Gasteiger partial charge in [0, 0.05) is 24.8 Å². The van der Waals surface area contributed by atoms with Gasteiger partial charge in [-0.25, -0.2) is 4.79 Å². The molecular weight excluding hydrogens is 272 g/mol. The zero-order valence-corrected chi connectivity index (χ0v) is 12.3. The molecule has 0 spiro atoms. The van der Waals surface area contributed by atoms with E-state index in [-0.39, 0.29) is 11.3 Å². The van der Waals surface area contributed by atoms with E-state index in [9.17, 15) is 14.9 Å². The molecule has 0 bridgehead atoms. The Kier molecular flexibility index (Phi) is 4.45. The van der Waals surface area contributed by atoms with Gasteiger partial charge < -0.3 is 10.0 Å². The van der Waals surface area contributed by atoms with E-state index < -0.39 is 10.9 Å². The predicted molar refractivity (Wildman–Crippen MR) is 80.0 cm³/mol. The van der Waals surface area contributed by atoms with E-state index in [1.54, 1.807) is 13.0 Å². The van der Waals surface area contributed by atoms with E-state index in [1.807, 2.05) is 0 Å². The van der Waals surface area contributed by atoms with Crippen LogP contribution in [0.15, 0.2) is 12.1 Å². The maximum absolute atomic E-state index is 11.2. The molecule has 0 saturated carbocycles. The number of nitro groups is 1. The fourth-order valence-corrected chi connectivity index (χ4v) is 2.83. The lowest BCUT2D eigenvalue weighted by molar-refractivity contribution is -0.385. The van der Waals surface area contributed by atoms with Crippen molar-refractivity contribution in [3.63, 3.8) is 0 Å². The molecule has 6 nitrogen and oxygen atoms in total. The molecule has 0 aromatic heterocycles. The second kappa shape index (κ2) is 6.11. The first kappa shape index (κ1) is 15.3. The largest absolute Gasteiger partial charge is 0.478 e. The molecule has 0 radical (unpaired) electrons. The Hall–Kier alpha value is -2.11. The van der Waals surface area contributed by atoms with Crippen molar-refractivity contribution < 1.29 is 14.8 Å². The number of nitrogens with zero attached hydrogens (tertiary/aromatic N) is 2. The number of hydrogen-bond donors (Lipinski definition) is 1. The zero-order valence-electron chi connectivity index (χ0n) is 12.3. The first-order chi connectivity index (χ1) is 9.90. The summed E-state index contributed by atoms with van der Waals surface area (Å²) < 4.78 is 0. The number of benzene rings is 1. The molecule has 1 N–H and O–H groups in total. The van der Waals surface area contributed by atoms with Gasteiger partial charge in [-0.15, -0.1) is 0 Å². The lowest BCUT2D eigenvalue weighted by atomic mass is 10.0. The highest BCUT2D eigenvalue weighted by Crippen LogP contribution is 2.32. The number of hydrogen-bond acceptors (Lipinski definition) is 4. The average Bonchev–Trinajstić information content (AvgIpc) is 2.63. The van der Waals surface area contributed by atoms with Crippen molar-refractivity contribution in [1.29, 1.82) is 0 Å². The van der Waals surface area contributed by atoms with E-state index in [1.165, 1.54) is 0 Å². The van der Waals surface area contributed by atoms with E-state index in [2.05, 4.69) is 11.8 Å². The summed E-state index contributed by atoms with van der Waals surface area (Å²) in [5.74, 6) is -0.504. The summed E-state index contributed by atoms with van der Waals surface area (Å²) in [6.07, 6.45) is 3.17. The number of aromatic carboxylic acids is 1. The maximum Gasteiger partial charge on any atom is 0.336 e. The fourth-order valence-electron chi connectivity index (χ4n) is 2.83. The summed E-state index contributed by atoms with van der Waals surface area (Å²) >= 11 is 0. The molecule has 1 aliphatic heterocycles.